The smallest absolute Gasteiger partial charge is 0.287 e. The molecule has 4 heteroatoms. The number of carbonyl (C=O) groups is 1. The van der Waals surface area contributed by atoms with Gasteiger partial charge in [0.15, 0.2) is 5.82 Å². The number of aromatic nitrogens is 2. The summed E-state index contributed by atoms with van der Waals surface area (Å²) in [5.41, 5.74) is 2.92. The fourth-order valence-electron chi connectivity index (χ4n) is 2.55. The quantitative estimate of drug-likeness (QED) is 0.851. The van der Waals surface area contributed by atoms with Crippen molar-refractivity contribution in [3.05, 3.63) is 29.6 Å². The summed E-state index contributed by atoms with van der Waals surface area (Å²) in [4.78, 5) is 19.5. The number of nitrogens with one attached hydrogen (secondary N) is 2. The van der Waals surface area contributed by atoms with Crippen molar-refractivity contribution in [1.82, 2.24) is 15.3 Å². The SMILES string of the molecule is Cc1ccc2[nH]c(C(=O)NC3CCCC3)nc2c1. The van der Waals surface area contributed by atoms with Crippen LogP contribution in [0.1, 0.15) is 41.9 Å². The van der Waals surface area contributed by atoms with E-state index in [9.17, 15) is 4.79 Å². The maximum atomic E-state index is 12.1. The summed E-state index contributed by atoms with van der Waals surface area (Å²) < 4.78 is 0. The summed E-state index contributed by atoms with van der Waals surface area (Å²) in [5, 5.41) is 3.04. The Hall–Kier alpha value is -1.84. The highest BCUT2D eigenvalue weighted by Gasteiger charge is 2.19. The zero-order chi connectivity index (χ0) is 12.5. The third kappa shape index (κ3) is 2.10. The molecule has 1 aromatic heterocycles. The molecule has 1 heterocycles. The van der Waals surface area contributed by atoms with Crippen molar-refractivity contribution in [3.8, 4) is 0 Å². The first-order valence-corrected chi connectivity index (χ1v) is 6.49. The number of hydrogen-bond donors (Lipinski definition) is 2. The Labute approximate surface area is 106 Å². The van der Waals surface area contributed by atoms with Crippen molar-refractivity contribution in [2.24, 2.45) is 0 Å². The van der Waals surface area contributed by atoms with Gasteiger partial charge in [-0.05, 0) is 37.5 Å². The average Bonchev–Trinajstić information content (AvgIpc) is 2.96. The topological polar surface area (TPSA) is 57.8 Å². The highest BCUT2D eigenvalue weighted by Crippen LogP contribution is 2.18. The normalized spacial score (nSPS) is 16.3. The van der Waals surface area contributed by atoms with E-state index in [0.29, 0.717) is 11.9 Å². The number of nitrogens with zero attached hydrogens (tertiary/aromatic N) is 1. The highest BCUT2D eigenvalue weighted by atomic mass is 16.2. The Kier molecular flexibility index (Phi) is 2.78. The van der Waals surface area contributed by atoms with E-state index in [1.165, 1.54) is 12.8 Å². The van der Waals surface area contributed by atoms with Crippen molar-refractivity contribution in [2.75, 3.05) is 0 Å². The van der Waals surface area contributed by atoms with E-state index in [4.69, 9.17) is 0 Å². The van der Waals surface area contributed by atoms with Crippen molar-refractivity contribution in [3.63, 3.8) is 0 Å². The average molecular weight is 243 g/mol. The number of aryl methyl sites for hydroxylation is 1. The molecule has 1 aliphatic carbocycles. The van der Waals surface area contributed by atoms with Crippen LogP contribution in [0, 0.1) is 6.92 Å². The van der Waals surface area contributed by atoms with Crippen LogP contribution in [0.3, 0.4) is 0 Å². The Bertz CT molecular complexity index is 582. The zero-order valence-corrected chi connectivity index (χ0v) is 10.5. The van der Waals surface area contributed by atoms with Crippen LogP contribution in [-0.2, 0) is 0 Å². The number of benzene rings is 1. The first kappa shape index (κ1) is 11.3. The number of rotatable bonds is 2. The van der Waals surface area contributed by atoms with Crippen molar-refractivity contribution in [1.29, 1.82) is 0 Å². The summed E-state index contributed by atoms with van der Waals surface area (Å²) in [7, 11) is 0. The van der Waals surface area contributed by atoms with Crippen LogP contribution in [-0.4, -0.2) is 21.9 Å². The van der Waals surface area contributed by atoms with Crippen LogP contribution in [0.2, 0.25) is 0 Å². The molecule has 0 aliphatic heterocycles. The monoisotopic (exact) mass is 243 g/mol. The Morgan fingerprint density at radius 2 is 2.17 bits per heavy atom. The number of amides is 1. The molecule has 0 bridgehead atoms. The van der Waals surface area contributed by atoms with Crippen molar-refractivity contribution < 1.29 is 4.79 Å². The van der Waals surface area contributed by atoms with Gasteiger partial charge in [0.1, 0.15) is 0 Å². The predicted molar refractivity (Wildman–Crippen MR) is 70.6 cm³/mol. The second-order valence-electron chi connectivity index (χ2n) is 5.06. The molecule has 0 saturated heterocycles. The minimum Gasteiger partial charge on any atom is -0.347 e. The summed E-state index contributed by atoms with van der Waals surface area (Å²) in [6, 6.07) is 6.29. The van der Waals surface area contributed by atoms with Crippen LogP contribution in [0.25, 0.3) is 11.0 Å². The van der Waals surface area contributed by atoms with E-state index in [1.807, 2.05) is 25.1 Å². The second kappa shape index (κ2) is 4.44. The van der Waals surface area contributed by atoms with Gasteiger partial charge in [0.25, 0.3) is 5.91 Å². The summed E-state index contributed by atoms with van der Waals surface area (Å²) in [5.74, 6) is 0.332. The molecule has 0 spiro atoms. The first-order chi connectivity index (χ1) is 8.72. The third-order valence-electron chi connectivity index (χ3n) is 3.54. The van der Waals surface area contributed by atoms with E-state index in [1.54, 1.807) is 0 Å². The molecule has 0 atom stereocenters. The van der Waals surface area contributed by atoms with E-state index in [-0.39, 0.29) is 5.91 Å². The molecule has 1 saturated carbocycles. The molecule has 0 unspecified atom stereocenters. The maximum absolute atomic E-state index is 12.1. The number of imidazole rings is 1. The maximum Gasteiger partial charge on any atom is 0.287 e. The standard InChI is InChI=1S/C14H17N3O/c1-9-6-7-11-12(8-9)17-13(16-11)14(18)15-10-4-2-3-5-10/h6-8,10H,2-5H2,1H3,(H,15,18)(H,16,17). The minimum atomic E-state index is -0.0873. The lowest BCUT2D eigenvalue weighted by molar-refractivity contribution is 0.0928. The van der Waals surface area contributed by atoms with Gasteiger partial charge in [0, 0.05) is 6.04 Å². The van der Waals surface area contributed by atoms with Gasteiger partial charge >= 0.3 is 0 Å². The molecule has 2 aromatic rings. The molecule has 18 heavy (non-hydrogen) atoms. The van der Waals surface area contributed by atoms with E-state index >= 15 is 0 Å². The predicted octanol–water partition coefficient (Wildman–Crippen LogP) is 2.54. The lowest BCUT2D eigenvalue weighted by atomic mass is 10.2. The van der Waals surface area contributed by atoms with Gasteiger partial charge in [-0.3, -0.25) is 4.79 Å². The van der Waals surface area contributed by atoms with Gasteiger partial charge in [-0.25, -0.2) is 4.98 Å². The molecular formula is C14H17N3O. The van der Waals surface area contributed by atoms with E-state index in [2.05, 4.69) is 15.3 Å². The van der Waals surface area contributed by atoms with Gasteiger partial charge in [-0.2, -0.15) is 0 Å². The van der Waals surface area contributed by atoms with Gasteiger partial charge < -0.3 is 10.3 Å². The molecule has 1 aliphatic rings. The van der Waals surface area contributed by atoms with Gasteiger partial charge in [0.05, 0.1) is 11.0 Å². The van der Waals surface area contributed by atoms with Gasteiger partial charge in [-0.1, -0.05) is 18.9 Å². The molecule has 4 nitrogen and oxygen atoms in total. The third-order valence-corrected chi connectivity index (χ3v) is 3.54. The number of hydrogen-bond acceptors (Lipinski definition) is 2. The van der Waals surface area contributed by atoms with Crippen LogP contribution < -0.4 is 5.32 Å². The van der Waals surface area contributed by atoms with Crippen molar-refractivity contribution in [2.45, 2.75) is 38.6 Å². The molecule has 3 rings (SSSR count). The van der Waals surface area contributed by atoms with Crippen LogP contribution in [0.4, 0.5) is 0 Å². The number of fused-ring (bicyclic) bond motifs is 1. The summed E-state index contributed by atoms with van der Waals surface area (Å²) in [6.45, 7) is 2.02. The number of carbonyl (C=O) groups excluding carboxylic acids is 1. The lowest BCUT2D eigenvalue weighted by Gasteiger charge is -2.09. The number of aromatic amines is 1. The van der Waals surface area contributed by atoms with Gasteiger partial charge in [0.2, 0.25) is 0 Å². The Morgan fingerprint density at radius 1 is 1.39 bits per heavy atom. The van der Waals surface area contributed by atoms with Crippen LogP contribution >= 0.6 is 0 Å². The second-order valence-corrected chi connectivity index (χ2v) is 5.06. The molecule has 2 N–H and O–H groups in total. The highest BCUT2D eigenvalue weighted by molar-refractivity contribution is 5.94. The largest absolute Gasteiger partial charge is 0.347 e. The minimum absolute atomic E-state index is 0.0873. The molecule has 94 valence electrons. The molecule has 1 fully saturated rings. The Morgan fingerprint density at radius 3 is 2.94 bits per heavy atom. The summed E-state index contributed by atoms with van der Waals surface area (Å²) in [6.07, 6.45) is 4.60. The van der Waals surface area contributed by atoms with Crippen molar-refractivity contribution >= 4 is 16.9 Å². The molecular weight excluding hydrogens is 226 g/mol. The van der Waals surface area contributed by atoms with Crippen LogP contribution in [0.15, 0.2) is 18.2 Å². The lowest BCUT2D eigenvalue weighted by Crippen LogP contribution is -2.33. The van der Waals surface area contributed by atoms with E-state index < -0.39 is 0 Å². The zero-order valence-electron chi connectivity index (χ0n) is 10.5. The Balaban J connectivity index is 1.82. The first-order valence-electron chi connectivity index (χ1n) is 6.49. The molecule has 1 amide bonds. The van der Waals surface area contributed by atoms with Gasteiger partial charge in [-0.15, -0.1) is 0 Å². The van der Waals surface area contributed by atoms with E-state index in [0.717, 1.165) is 29.4 Å². The van der Waals surface area contributed by atoms with Crippen LogP contribution in [0.5, 0.6) is 0 Å². The fraction of sp³-hybridized carbons (Fsp3) is 0.429. The fourth-order valence-corrected chi connectivity index (χ4v) is 2.55. The molecule has 1 aromatic carbocycles. The molecule has 0 radical (unpaired) electrons. The summed E-state index contributed by atoms with van der Waals surface area (Å²) >= 11 is 0. The number of H-pyrrole nitrogens is 1.